The molecule has 0 aliphatic carbocycles. The molecule has 7 nitrogen and oxygen atoms in total. The Morgan fingerprint density at radius 2 is 1.66 bits per heavy atom. The summed E-state index contributed by atoms with van der Waals surface area (Å²) >= 11 is 0. The van der Waals surface area contributed by atoms with E-state index in [0.717, 1.165) is 32.4 Å². The van der Waals surface area contributed by atoms with E-state index in [1.807, 2.05) is 4.90 Å². The monoisotopic (exact) mass is 396 g/mol. The number of methoxy groups -OCH3 is 1. The minimum Gasteiger partial charge on any atom is -0.483 e. The minimum atomic E-state index is -0.443. The number of anilines is 1. The molecule has 29 heavy (non-hydrogen) atoms. The summed E-state index contributed by atoms with van der Waals surface area (Å²) in [5.41, 5.74) is 1.39. The molecule has 7 heteroatoms. The largest absolute Gasteiger partial charge is 0.483 e. The zero-order chi connectivity index (χ0) is 20.6. The van der Waals surface area contributed by atoms with Crippen LogP contribution in [0.4, 0.5) is 5.69 Å². The molecule has 152 valence electrons. The smallest absolute Gasteiger partial charge is 0.337 e. The fourth-order valence-electron chi connectivity index (χ4n) is 3.18. The van der Waals surface area contributed by atoms with Crippen LogP contribution in [0.1, 0.15) is 40.0 Å². The molecule has 1 aliphatic rings. The fraction of sp³-hybridized carbons (Fsp3) is 0.318. The number of carbonyl (C=O) groups is 3. The minimum absolute atomic E-state index is 0.0703. The van der Waals surface area contributed by atoms with E-state index in [9.17, 15) is 14.4 Å². The maximum absolute atomic E-state index is 12.8. The van der Waals surface area contributed by atoms with Crippen molar-refractivity contribution in [3.8, 4) is 5.75 Å². The van der Waals surface area contributed by atoms with Crippen molar-refractivity contribution in [1.82, 2.24) is 4.90 Å². The third-order valence-electron chi connectivity index (χ3n) is 4.71. The highest BCUT2D eigenvalue weighted by Crippen LogP contribution is 2.22. The molecule has 2 aromatic rings. The molecule has 3 rings (SSSR count). The number of nitrogens with zero attached hydrogens (tertiary/aromatic N) is 1. The van der Waals surface area contributed by atoms with Crippen LogP contribution in [0.25, 0.3) is 0 Å². The van der Waals surface area contributed by atoms with Crippen LogP contribution in [-0.2, 0) is 9.53 Å². The van der Waals surface area contributed by atoms with Gasteiger partial charge in [0.15, 0.2) is 6.61 Å². The first-order valence-corrected chi connectivity index (χ1v) is 9.58. The van der Waals surface area contributed by atoms with Gasteiger partial charge in [-0.1, -0.05) is 12.1 Å². The van der Waals surface area contributed by atoms with E-state index in [1.165, 1.54) is 7.11 Å². The molecule has 0 aromatic heterocycles. The number of para-hydroxylation sites is 1. The van der Waals surface area contributed by atoms with Gasteiger partial charge in [-0.3, -0.25) is 9.59 Å². The van der Waals surface area contributed by atoms with E-state index in [4.69, 9.17) is 4.74 Å². The predicted molar refractivity (Wildman–Crippen MR) is 108 cm³/mol. The highest BCUT2D eigenvalue weighted by molar-refractivity contribution is 5.97. The summed E-state index contributed by atoms with van der Waals surface area (Å²) in [5.74, 6) is -0.490. The van der Waals surface area contributed by atoms with E-state index in [-0.39, 0.29) is 18.4 Å². The molecule has 0 radical (unpaired) electrons. The van der Waals surface area contributed by atoms with Crippen molar-refractivity contribution in [2.45, 2.75) is 19.3 Å². The van der Waals surface area contributed by atoms with Gasteiger partial charge in [-0.05, 0) is 55.7 Å². The third-order valence-corrected chi connectivity index (χ3v) is 4.71. The predicted octanol–water partition coefficient (Wildman–Crippen LogP) is 3.12. The van der Waals surface area contributed by atoms with Gasteiger partial charge < -0.3 is 19.7 Å². The summed E-state index contributed by atoms with van der Waals surface area (Å²) in [6.07, 6.45) is 3.15. The van der Waals surface area contributed by atoms with Crippen LogP contribution in [0.15, 0.2) is 48.5 Å². The van der Waals surface area contributed by atoms with Crippen LogP contribution < -0.4 is 10.1 Å². The fourth-order valence-corrected chi connectivity index (χ4v) is 3.18. The number of esters is 1. The first-order valence-electron chi connectivity index (χ1n) is 9.58. The van der Waals surface area contributed by atoms with E-state index < -0.39 is 5.97 Å². The molecule has 2 amide bonds. The van der Waals surface area contributed by atoms with Gasteiger partial charge in [-0.15, -0.1) is 0 Å². The summed E-state index contributed by atoms with van der Waals surface area (Å²) < 4.78 is 10.3. The lowest BCUT2D eigenvalue weighted by molar-refractivity contribution is -0.118. The second-order valence-electron chi connectivity index (χ2n) is 6.75. The summed E-state index contributed by atoms with van der Waals surface area (Å²) in [4.78, 5) is 38.3. The number of carbonyl (C=O) groups excluding carboxylic acids is 3. The standard InChI is InChI=1S/C22H24N2O5/c1-28-22(27)16-9-11-17(12-10-16)23-20(25)15-29-19-8-4-3-7-18(19)21(26)24-13-5-2-6-14-24/h3-4,7-12H,2,5-6,13-15H2,1H3,(H,23,25). The molecule has 1 saturated heterocycles. The van der Waals surface area contributed by atoms with Crippen molar-refractivity contribution in [2.24, 2.45) is 0 Å². The van der Waals surface area contributed by atoms with Gasteiger partial charge in [0, 0.05) is 18.8 Å². The van der Waals surface area contributed by atoms with Crippen molar-refractivity contribution >= 4 is 23.5 Å². The Bertz CT molecular complexity index is 873. The second kappa shape index (κ2) is 9.73. The number of rotatable bonds is 6. The molecule has 1 aliphatic heterocycles. The van der Waals surface area contributed by atoms with Crippen molar-refractivity contribution in [3.05, 3.63) is 59.7 Å². The Balaban J connectivity index is 1.59. The number of ether oxygens (including phenoxy) is 2. The molecule has 0 atom stereocenters. The van der Waals surface area contributed by atoms with Crippen LogP contribution in [0.3, 0.4) is 0 Å². The maximum atomic E-state index is 12.8. The Kier molecular flexibility index (Phi) is 6.84. The maximum Gasteiger partial charge on any atom is 0.337 e. The van der Waals surface area contributed by atoms with Crippen molar-refractivity contribution < 1.29 is 23.9 Å². The number of hydrogen-bond donors (Lipinski definition) is 1. The van der Waals surface area contributed by atoms with Gasteiger partial charge >= 0.3 is 5.97 Å². The quantitative estimate of drug-likeness (QED) is 0.759. The van der Waals surface area contributed by atoms with E-state index in [1.54, 1.807) is 48.5 Å². The number of likely N-dealkylation sites (tertiary alicyclic amines) is 1. The average molecular weight is 396 g/mol. The molecule has 1 heterocycles. The topological polar surface area (TPSA) is 84.9 Å². The van der Waals surface area contributed by atoms with Gasteiger partial charge in [0.25, 0.3) is 11.8 Å². The molecule has 1 N–H and O–H groups in total. The average Bonchev–Trinajstić information content (AvgIpc) is 2.78. The lowest BCUT2D eigenvalue weighted by Gasteiger charge is -2.27. The van der Waals surface area contributed by atoms with Crippen LogP contribution in [0, 0.1) is 0 Å². The molecule has 0 unspecified atom stereocenters. The molecule has 0 bridgehead atoms. The molecular weight excluding hydrogens is 372 g/mol. The molecule has 2 aromatic carbocycles. The Labute approximate surface area is 169 Å². The normalized spacial score (nSPS) is 13.5. The number of benzene rings is 2. The molecule has 0 saturated carbocycles. The number of piperidine rings is 1. The summed E-state index contributed by atoms with van der Waals surface area (Å²) in [7, 11) is 1.31. The number of nitrogens with one attached hydrogen (secondary N) is 1. The Morgan fingerprint density at radius 1 is 0.966 bits per heavy atom. The molecular formula is C22H24N2O5. The van der Waals surface area contributed by atoms with Gasteiger partial charge in [0.2, 0.25) is 0 Å². The zero-order valence-corrected chi connectivity index (χ0v) is 16.3. The van der Waals surface area contributed by atoms with Crippen LogP contribution in [0.2, 0.25) is 0 Å². The molecule has 1 fully saturated rings. The molecule has 0 spiro atoms. The third kappa shape index (κ3) is 5.34. The van der Waals surface area contributed by atoms with Gasteiger partial charge in [0.1, 0.15) is 5.75 Å². The number of amides is 2. The van der Waals surface area contributed by atoms with E-state index in [0.29, 0.717) is 22.6 Å². The lowest BCUT2D eigenvalue weighted by Crippen LogP contribution is -2.35. The summed E-state index contributed by atoms with van der Waals surface area (Å²) in [5, 5.41) is 2.70. The van der Waals surface area contributed by atoms with Gasteiger partial charge in [-0.25, -0.2) is 4.79 Å². The van der Waals surface area contributed by atoms with Crippen molar-refractivity contribution in [1.29, 1.82) is 0 Å². The van der Waals surface area contributed by atoms with Gasteiger partial charge in [0.05, 0.1) is 18.2 Å². The highest BCUT2D eigenvalue weighted by atomic mass is 16.5. The first-order chi connectivity index (χ1) is 14.1. The van der Waals surface area contributed by atoms with Crippen LogP contribution in [0.5, 0.6) is 5.75 Å². The van der Waals surface area contributed by atoms with Crippen LogP contribution >= 0.6 is 0 Å². The second-order valence-corrected chi connectivity index (χ2v) is 6.75. The van der Waals surface area contributed by atoms with E-state index in [2.05, 4.69) is 10.1 Å². The summed E-state index contributed by atoms with van der Waals surface area (Å²) in [6, 6.07) is 13.3. The number of hydrogen-bond acceptors (Lipinski definition) is 5. The van der Waals surface area contributed by atoms with Gasteiger partial charge in [-0.2, -0.15) is 0 Å². The lowest BCUT2D eigenvalue weighted by atomic mass is 10.1. The van der Waals surface area contributed by atoms with Crippen LogP contribution in [-0.4, -0.2) is 49.5 Å². The SMILES string of the molecule is COC(=O)c1ccc(NC(=O)COc2ccccc2C(=O)N2CCCCC2)cc1. The van der Waals surface area contributed by atoms with Crippen molar-refractivity contribution in [3.63, 3.8) is 0 Å². The first kappa shape index (κ1) is 20.4. The van der Waals surface area contributed by atoms with Crippen molar-refractivity contribution in [2.75, 3.05) is 32.1 Å². The van der Waals surface area contributed by atoms with E-state index >= 15 is 0 Å². The zero-order valence-electron chi connectivity index (χ0n) is 16.3. The summed E-state index contributed by atoms with van der Waals surface area (Å²) in [6.45, 7) is 1.26. The Morgan fingerprint density at radius 3 is 2.34 bits per heavy atom. The highest BCUT2D eigenvalue weighted by Gasteiger charge is 2.21. The Hall–Kier alpha value is -3.35.